The Balaban J connectivity index is 2.17. The van der Waals surface area contributed by atoms with Crippen molar-refractivity contribution < 1.29 is 0 Å². The number of aryl methyl sites for hydroxylation is 1. The van der Waals surface area contributed by atoms with Crippen LogP contribution in [0.3, 0.4) is 0 Å². The Morgan fingerprint density at radius 3 is 2.87 bits per heavy atom. The highest BCUT2D eigenvalue weighted by Crippen LogP contribution is 2.42. The molecular formula is C12H21N3. The molecule has 0 saturated heterocycles. The van der Waals surface area contributed by atoms with E-state index in [2.05, 4.69) is 42.1 Å². The lowest BCUT2D eigenvalue weighted by Crippen LogP contribution is -2.27. The van der Waals surface area contributed by atoms with Crippen LogP contribution in [0.2, 0.25) is 0 Å². The summed E-state index contributed by atoms with van der Waals surface area (Å²) in [5.41, 5.74) is 1.33. The first-order valence-corrected chi connectivity index (χ1v) is 5.97. The molecule has 1 heterocycles. The predicted octanol–water partition coefficient (Wildman–Crippen LogP) is 2.21. The van der Waals surface area contributed by atoms with E-state index in [9.17, 15) is 0 Å². The third kappa shape index (κ3) is 2.07. The highest BCUT2D eigenvalue weighted by atomic mass is 15.3. The zero-order chi connectivity index (χ0) is 10.8. The molecule has 0 spiro atoms. The first-order valence-electron chi connectivity index (χ1n) is 5.97. The molecule has 1 saturated carbocycles. The standard InChI is InChI=1S/C12H21N3/c1-4-15-11(7-8-14-15)12(13-3)9(2)10-5-6-10/h7-10,12-13H,4-6H2,1-3H3. The molecular weight excluding hydrogens is 186 g/mol. The summed E-state index contributed by atoms with van der Waals surface area (Å²) in [5, 5.41) is 7.78. The number of rotatable bonds is 5. The normalized spacial score (nSPS) is 20.2. The van der Waals surface area contributed by atoms with Gasteiger partial charge >= 0.3 is 0 Å². The minimum absolute atomic E-state index is 0.458. The Morgan fingerprint density at radius 2 is 2.33 bits per heavy atom. The van der Waals surface area contributed by atoms with Crippen molar-refractivity contribution in [2.75, 3.05) is 7.05 Å². The molecule has 0 aliphatic heterocycles. The smallest absolute Gasteiger partial charge is 0.0556 e. The maximum Gasteiger partial charge on any atom is 0.0556 e. The molecule has 3 nitrogen and oxygen atoms in total. The van der Waals surface area contributed by atoms with Crippen LogP contribution >= 0.6 is 0 Å². The molecule has 0 bridgehead atoms. The Hall–Kier alpha value is -0.830. The average Bonchev–Trinajstić information content (AvgIpc) is 3.00. The fraction of sp³-hybridized carbons (Fsp3) is 0.750. The van der Waals surface area contributed by atoms with Gasteiger partial charge in [0, 0.05) is 12.7 Å². The van der Waals surface area contributed by atoms with E-state index < -0.39 is 0 Å². The van der Waals surface area contributed by atoms with Crippen LogP contribution in [-0.4, -0.2) is 16.8 Å². The van der Waals surface area contributed by atoms with Crippen molar-refractivity contribution in [3.63, 3.8) is 0 Å². The van der Waals surface area contributed by atoms with Crippen LogP contribution in [0.1, 0.15) is 38.4 Å². The monoisotopic (exact) mass is 207 g/mol. The largest absolute Gasteiger partial charge is 0.311 e. The Morgan fingerprint density at radius 1 is 1.60 bits per heavy atom. The minimum Gasteiger partial charge on any atom is -0.311 e. The summed E-state index contributed by atoms with van der Waals surface area (Å²) in [6.45, 7) is 5.45. The van der Waals surface area contributed by atoms with E-state index in [-0.39, 0.29) is 0 Å². The number of hydrogen-bond donors (Lipinski definition) is 1. The van der Waals surface area contributed by atoms with E-state index in [0.717, 1.165) is 18.4 Å². The highest BCUT2D eigenvalue weighted by Gasteiger charge is 2.34. The van der Waals surface area contributed by atoms with Crippen molar-refractivity contribution in [3.05, 3.63) is 18.0 Å². The maximum absolute atomic E-state index is 4.34. The SMILES string of the molecule is CCn1nccc1C(NC)C(C)C1CC1. The molecule has 0 radical (unpaired) electrons. The molecule has 15 heavy (non-hydrogen) atoms. The molecule has 1 aliphatic rings. The fourth-order valence-electron chi connectivity index (χ4n) is 2.45. The van der Waals surface area contributed by atoms with E-state index in [1.807, 2.05) is 6.20 Å². The summed E-state index contributed by atoms with van der Waals surface area (Å²) in [4.78, 5) is 0. The zero-order valence-corrected chi connectivity index (χ0v) is 9.90. The summed E-state index contributed by atoms with van der Waals surface area (Å²) < 4.78 is 2.10. The first-order chi connectivity index (χ1) is 7.27. The molecule has 84 valence electrons. The van der Waals surface area contributed by atoms with Gasteiger partial charge in [-0.2, -0.15) is 5.10 Å². The molecule has 1 aromatic rings. The van der Waals surface area contributed by atoms with Crippen LogP contribution in [0.15, 0.2) is 12.3 Å². The second-order valence-electron chi connectivity index (χ2n) is 4.53. The molecule has 1 aromatic heterocycles. The third-order valence-corrected chi connectivity index (χ3v) is 3.57. The molecule has 1 fully saturated rings. The summed E-state index contributed by atoms with van der Waals surface area (Å²) in [6.07, 6.45) is 4.71. The van der Waals surface area contributed by atoms with Gasteiger partial charge in [0.05, 0.1) is 11.7 Å². The van der Waals surface area contributed by atoms with Gasteiger partial charge in [0.25, 0.3) is 0 Å². The first kappa shape index (κ1) is 10.7. The van der Waals surface area contributed by atoms with Gasteiger partial charge in [0.15, 0.2) is 0 Å². The van der Waals surface area contributed by atoms with Gasteiger partial charge in [0.1, 0.15) is 0 Å². The van der Waals surface area contributed by atoms with E-state index in [1.165, 1.54) is 18.5 Å². The molecule has 1 N–H and O–H groups in total. The van der Waals surface area contributed by atoms with Crippen LogP contribution in [0.25, 0.3) is 0 Å². The topological polar surface area (TPSA) is 29.9 Å². The van der Waals surface area contributed by atoms with E-state index in [4.69, 9.17) is 0 Å². The van der Waals surface area contributed by atoms with E-state index >= 15 is 0 Å². The van der Waals surface area contributed by atoms with Crippen LogP contribution in [0, 0.1) is 11.8 Å². The predicted molar refractivity (Wildman–Crippen MR) is 61.6 cm³/mol. The van der Waals surface area contributed by atoms with Gasteiger partial charge in [-0.3, -0.25) is 4.68 Å². The second kappa shape index (κ2) is 4.35. The van der Waals surface area contributed by atoms with Gasteiger partial charge in [0.2, 0.25) is 0 Å². The summed E-state index contributed by atoms with van der Waals surface area (Å²) in [7, 11) is 2.05. The zero-order valence-electron chi connectivity index (χ0n) is 9.90. The maximum atomic E-state index is 4.34. The van der Waals surface area contributed by atoms with Crippen LogP contribution in [-0.2, 0) is 6.54 Å². The van der Waals surface area contributed by atoms with Crippen LogP contribution in [0.5, 0.6) is 0 Å². The number of nitrogens with zero attached hydrogens (tertiary/aromatic N) is 2. The Bertz CT molecular complexity index is 314. The van der Waals surface area contributed by atoms with Gasteiger partial charge in [-0.25, -0.2) is 0 Å². The number of hydrogen-bond acceptors (Lipinski definition) is 2. The van der Waals surface area contributed by atoms with Crippen molar-refractivity contribution >= 4 is 0 Å². The van der Waals surface area contributed by atoms with Gasteiger partial charge < -0.3 is 5.32 Å². The number of aromatic nitrogens is 2. The summed E-state index contributed by atoms with van der Waals surface area (Å²) >= 11 is 0. The van der Waals surface area contributed by atoms with E-state index in [0.29, 0.717) is 6.04 Å². The Kier molecular flexibility index (Phi) is 3.10. The molecule has 2 rings (SSSR count). The van der Waals surface area contributed by atoms with Crippen molar-refractivity contribution in [2.24, 2.45) is 11.8 Å². The summed E-state index contributed by atoms with van der Waals surface area (Å²) in [6, 6.07) is 2.60. The highest BCUT2D eigenvalue weighted by molar-refractivity contribution is 5.09. The van der Waals surface area contributed by atoms with Crippen molar-refractivity contribution in [1.82, 2.24) is 15.1 Å². The van der Waals surface area contributed by atoms with Gasteiger partial charge in [-0.15, -0.1) is 0 Å². The van der Waals surface area contributed by atoms with Crippen molar-refractivity contribution in [1.29, 1.82) is 0 Å². The molecule has 0 amide bonds. The van der Waals surface area contributed by atoms with Gasteiger partial charge in [-0.05, 0) is 44.7 Å². The third-order valence-electron chi connectivity index (χ3n) is 3.57. The van der Waals surface area contributed by atoms with Gasteiger partial charge in [-0.1, -0.05) is 6.92 Å². The van der Waals surface area contributed by atoms with Crippen molar-refractivity contribution in [3.8, 4) is 0 Å². The average molecular weight is 207 g/mol. The lowest BCUT2D eigenvalue weighted by Gasteiger charge is -2.24. The fourth-order valence-corrected chi connectivity index (χ4v) is 2.45. The van der Waals surface area contributed by atoms with Crippen LogP contribution < -0.4 is 5.32 Å². The summed E-state index contributed by atoms with van der Waals surface area (Å²) in [5.74, 6) is 1.64. The molecule has 0 aromatic carbocycles. The lowest BCUT2D eigenvalue weighted by atomic mass is 9.94. The second-order valence-corrected chi connectivity index (χ2v) is 4.53. The van der Waals surface area contributed by atoms with Crippen LogP contribution in [0.4, 0.5) is 0 Å². The quantitative estimate of drug-likeness (QED) is 0.802. The Labute approximate surface area is 91.9 Å². The van der Waals surface area contributed by atoms with E-state index in [1.54, 1.807) is 0 Å². The molecule has 3 heteroatoms. The molecule has 2 unspecified atom stereocenters. The molecule has 2 atom stereocenters. The minimum atomic E-state index is 0.458. The molecule has 1 aliphatic carbocycles. The lowest BCUT2D eigenvalue weighted by molar-refractivity contribution is 0.348. The number of nitrogens with one attached hydrogen (secondary N) is 1. The van der Waals surface area contributed by atoms with Crippen molar-refractivity contribution in [2.45, 2.75) is 39.3 Å².